The lowest BCUT2D eigenvalue weighted by molar-refractivity contribution is 0.795. The van der Waals surface area contributed by atoms with Gasteiger partial charge >= 0.3 is 0 Å². The lowest BCUT2D eigenvalue weighted by Gasteiger charge is -2.04. The van der Waals surface area contributed by atoms with Crippen molar-refractivity contribution in [2.24, 2.45) is 0 Å². The highest BCUT2D eigenvalue weighted by Crippen LogP contribution is 2.09. The summed E-state index contributed by atoms with van der Waals surface area (Å²) in [5.74, 6) is 0. The van der Waals surface area contributed by atoms with Crippen molar-refractivity contribution >= 4 is 9.24 Å². The summed E-state index contributed by atoms with van der Waals surface area (Å²) in [4.78, 5) is 0. The molecule has 1 atom stereocenters. The van der Waals surface area contributed by atoms with Crippen molar-refractivity contribution in [3.8, 4) is 0 Å². The monoisotopic (exact) mass is 181 g/mol. The van der Waals surface area contributed by atoms with Crippen molar-refractivity contribution in [3.63, 3.8) is 0 Å². The highest BCUT2D eigenvalue weighted by molar-refractivity contribution is 7.16. The van der Waals surface area contributed by atoms with Crippen LogP contribution in [0.4, 0.5) is 0 Å². The molecule has 0 aliphatic rings. The molecule has 0 spiro atoms. The van der Waals surface area contributed by atoms with Gasteiger partial charge in [-0.25, -0.2) is 0 Å². The summed E-state index contributed by atoms with van der Waals surface area (Å²) in [5, 5.41) is 3.27. The van der Waals surface area contributed by atoms with Crippen LogP contribution in [0.1, 0.15) is 16.7 Å². The van der Waals surface area contributed by atoms with E-state index in [1.54, 1.807) is 0 Å². The average Bonchev–Trinajstić information content (AvgIpc) is 2.07. The van der Waals surface area contributed by atoms with Crippen LogP contribution in [0.15, 0.2) is 18.2 Å². The van der Waals surface area contributed by atoms with Crippen LogP contribution in [0.5, 0.6) is 0 Å². The van der Waals surface area contributed by atoms with E-state index in [2.05, 4.69) is 46.6 Å². The summed E-state index contributed by atoms with van der Waals surface area (Å²) in [6.45, 7) is 5.26. The molecule has 0 aromatic heterocycles. The first-order valence-corrected chi connectivity index (χ1v) is 5.02. The standard InChI is InChI=1S/C10H16NP/c1-8-3-4-10(5-9(8)2)6-11-7-12/h3-5,11H,6-7,12H2,1-2H3. The van der Waals surface area contributed by atoms with E-state index in [1.807, 2.05) is 0 Å². The maximum absolute atomic E-state index is 3.27. The minimum absolute atomic E-state index is 0.951. The zero-order valence-corrected chi connectivity index (χ0v) is 8.88. The SMILES string of the molecule is Cc1ccc(CNCP)cc1C. The Morgan fingerprint density at radius 3 is 2.58 bits per heavy atom. The van der Waals surface area contributed by atoms with Crippen molar-refractivity contribution in [2.75, 3.05) is 6.29 Å². The van der Waals surface area contributed by atoms with Crippen molar-refractivity contribution in [2.45, 2.75) is 20.4 Å². The van der Waals surface area contributed by atoms with Crippen LogP contribution >= 0.6 is 9.24 Å². The van der Waals surface area contributed by atoms with E-state index in [4.69, 9.17) is 0 Å². The van der Waals surface area contributed by atoms with Gasteiger partial charge in [-0.15, -0.1) is 9.24 Å². The number of hydrogen-bond donors (Lipinski definition) is 1. The van der Waals surface area contributed by atoms with Gasteiger partial charge in [0.1, 0.15) is 0 Å². The molecule has 1 N–H and O–H groups in total. The molecule has 1 aromatic carbocycles. The van der Waals surface area contributed by atoms with Gasteiger partial charge in [0.2, 0.25) is 0 Å². The molecule has 0 radical (unpaired) electrons. The van der Waals surface area contributed by atoms with E-state index < -0.39 is 0 Å². The average molecular weight is 181 g/mol. The zero-order valence-electron chi connectivity index (χ0n) is 7.72. The van der Waals surface area contributed by atoms with Crippen molar-refractivity contribution in [1.82, 2.24) is 5.32 Å². The Hall–Kier alpha value is -0.390. The van der Waals surface area contributed by atoms with Crippen LogP contribution < -0.4 is 5.32 Å². The van der Waals surface area contributed by atoms with E-state index in [9.17, 15) is 0 Å². The first-order valence-electron chi connectivity index (χ1n) is 4.21. The molecule has 0 aliphatic carbocycles. The molecule has 1 rings (SSSR count). The molecule has 0 saturated carbocycles. The number of aryl methyl sites for hydroxylation is 2. The summed E-state index contributed by atoms with van der Waals surface area (Å²) in [6.07, 6.45) is 0.951. The minimum Gasteiger partial charge on any atom is -0.309 e. The van der Waals surface area contributed by atoms with Gasteiger partial charge in [-0.3, -0.25) is 0 Å². The molecule has 1 unspecified atom stereocenters. The Morgan fingerprint density at radius 1 is 1.25 bits per heavy atom. The summed E-state index contributed by atoms with van der Waals surface area (Å²) >= 11 is 0. The Kier molecular flexibility index (Phi) is 3.71. The second kappa shape index (κ2) is 4.59. The molecule has 0 fully saturated rings. The summed E-state index contributed by atoms with van der Waals surface area (Å²) in [6, 6.07) is 6.59. The second-order valence-electron chi connectivity index (χ2n) is 3.05. The summed E-state index contributed by atoms with van der Waals surface area (Å²) < 4.78 is 0. The van der Waals surface area contributed by atoms with E-state index in [0.29, 0.717) is 0 Å². The summed E-state index contributed by atoms with van der Waals surface area (Å²) in [7, 11) is 2.66. The molecule has 0 saturated heterocycles. The van der Waals surface area contributed by atoms with Gasteiger partial charge in [-0.1, -0.05) is 18.2 Å². The molecule has 0 bridgehead atoms. The Bertz CT molecular complexity index is 258. The highest BCUT2D eigenvalue weighted by Gasteiger charge is 1.94. The predicted octanol–water partition coefficient (Wildman–Crippen LogP) is 2.23. The second-order valence-corrected chi connectivity index (χ2v) is 3.46. The maximum Gasteiger partial charge on any atom is 0.0208 e. The third-order valence-electron chi connectivity index (χ3n) is 2.04. The first-order chi connectivity index (χ1) is 5.74. The molecule has 0 heterocycles. The van der Waals surface area contributed by atoms with Gasteiger partial charge in [-0.05, 0) is 30.5 Å². The van der Waals surface area contributed by atoms with Gasteiger partial charge in [0.05, 0.1) is 0 Å². The van der Waals surface area contributed by atoms with Crippen molar-refractivity contribution in [3.05, 3.63) is 34.9 Å². The van der Waals surface area contributed by atoms with Crippen LogP contribution in [0.25, 0.3) is 0 Å². The molecule has 1 nitrogen and oxygen atoms in total. The van der Waals surface area contributed by atoms with Gasteiger partial charge in [0, 0.05) is 12.8 Å². The fraction of sp³-hybridized carbons (Fsp3) is 0.400. The molecule has 66 valence electrons. The maximum atomic E-state index is 3.27. The number of rotatable bonds is 3. The number of nitrogens with one attached hydrogen (secondary N) is 1. The van der Waals surface area contributed by atoms with Gasteiger partial charge < -0.3 is 5.32 Å². The van der Waals surface area contributed by atoms with Crippen LogP contribution in [0.2, 0.25) is 0 Å². The van der Waals surface area contributed by atoms with E-state index in [-0.39, 0.29) is 0 Å². The van der Waals surface area contributed by atoms with Crippen LogP contribution in [0.3, 0.4) is 0 Å². The molecule has 12 heavy (non-hydrogen) atoms. The largest absolute Gasteiger partial charge is 0.309 e. The molecule has 1 aromatic rings. The van der Waals surface area contributed by atoms with Crippen LogP contribution in [0, 0.1) is 13.8 Å². The Balaban J connectivity index is 2.69. The normalized spacial score (nSPS) is 10.2. The predicted molar refractivity (Wildman–Crippen MR) is 57.3 cm³/mol. The van der Waals surface area contributed by atoms with Crippen LogP contribution in [-0.4, -0.2) is 6.29 Å². The lowest BCUT2D eigenvalue weighted by Crippen LogP contribution is -2.09. The fourth-order valence-corrected chi connectivity index (χ4v) is 1.27. The molecular formula is C10H16NP. The zero-order chi connectivity index (χ0) is 8.97. The number of hydrogen-bond acceptors (Lipinski definition) is 1. The Morgan fingerprint density at radius 2 is 2.00 bits per heavy atom. The van der Waals surface area contributed by atoms with E-state index in [1.165, 1.54) is 16.7 Å². The van der Waals surface area contributed by atoms with Gasteiger partial charge in [-0.2, -0.15) is 0 Å². The van der Waals surface area contributed by atoms with E-state index in [0.717, 1.165) is 12.8 Å². The first kappa shape index (κ1) is 9.70. The fourth-order valence-electron chi connectivity index (χ4n) is 1.13. The molecule has 0 aliphatic heterocycles. The quantitative estimate of drug-likeness (QED) is 0.705. The number of benzene rings is 1. The van der Waals surface area contributed by atoms with Crippen LogP contribution in [-0.2, 0) is 6.54 Å². The van der Waals surface area contributed by atoms with E-state index >= 15 is 0 Å². The van der Waals surface area contributed by atoms with Crippen molar-refractivity contribution in [1.29, 1.82) is 0 Å². The molecule has 2 heteroatoms. The third-order valence-corrected chi connectivity index (χ3v) is 2.33. The Labute approximate surface area is 76.8 Å². The van der Waals surface area contributed by atoms with Gasteiger partial charge in [0.15, 0.2) is 0 Å². The minimum atomic E-state index is 0.951. The molecular weight excluding hydrogens is 165 g/mol. The third kappa shape index (κ3) is 2.58. The lowest BCUT2D eigenvalue weighted by atomic mass is 10.1. The van der Waals surface area contributed by atoms with Crippen molar-refractivity contribution < 1.29 is 0 Å². The smallest absolute Gasteiger partial charge is 0.0208 e. The topological polar surface area (TPSA) is 12.0 Å². The molecule has 0 amide bonds. The summed E-state index contributed by atoms with van der Waals surface area (Å²) in [5.41, 5.74) is 4.10. The van der Waals surface area contributed by atoms with Gasteiger partial charge in [0.25, 0.3) is 0 Å². The highest BCUT2D eigenvalue weighted by atomic mass is 31.0.